The van der Waals surface area contributed by atoms with E-state index >= 15 is 0 Å². The van der Waals surface area contributed by atoms with Gasteiger partial charge in [-0.05, 0) is 32.1 Å². The Kier molecular flexibility index (Phi) is 4.91. The Labute approximate surface area is 126 Å². The molecule has 0 N–H and O–H groups in total. The number of piperidine rings is 1. The second-order valence-electron chi connectivity index (χ2n) is 6.15. The molecule has 2 heterocycles. The largest absolute Gasteiger partial charge is 0.334 e. The number of nitrogens with zero attached hydrogens (tertiary/aromatic N) is 2. The molecule has 2 fully saturated rings. The molecule has 21 heavy (non-hydrogen) atoms. The van der Waals surface area contributed by atoms with Crippen molar-refractivity contribution in [1.82, 2.24) is 9.80 Å². The zero-order valence-electron chi connectivity index (χ0n) is 12.7. The van der Waals surface area contributed by atoms with Crippen LogP contribution in [0.4, 0.5) is 0 Å². The van der Waals surface area contributed by atoms with Crippen LogP contribution in [0.25, 0.3) is 0 Å². The summed E-state index contributed by atoms with van der Waals surface area (Å²) in [5.74, 6) is -0.522. The lowest BCUT2D eigenvalue weighted by Gasteiger charge is -2.33. The molecule has 6 nitrogen and oxygen atoms in total. The number of likely N-dealkylation sites (N-methyl/N-ethyl adjacent to an activating group) is 1. The molecule has 2 amide bonds. The van der Waals surface area contributed by atoms with Crippen LogP contribution in [0.1, 0.15) is 33.1 Å². The van der Waals surface area contributed by atoms with Gasteiger partial charge in [0, 0.05) is 25.7 Å². The van der Waals surface area contributed by atoms with E-state index in [0.717, 1.165) is 12.8 Å². The highest BCUT2D eigenvalue weighted by Crippen LogP contribution is 2.20. The third-order valence-corrected chi connectivity index (χ3v) is 6.13. The third-order valence-electron chi connectivity index (χ3n) is 4.38. The van der Waals surface area contributed by atoms with Gasteiger partial charge in [-0.1, -0.05) is 6.92 Å². The predicted molar refractivity (Wildman–Crippen MR) is 79.4 cm³/mol. The molecule has 0 aromatic carbocycles. The van der Waals surface area contributed by atoms with E-state index in [0.29, 0.717) is 32.0 Å². The molecule has 2 aliphatic rings. The Morgan fingerprint density at radius 3 is 2.52 bits per heavy atom. The fourth-order valence-electron chi connectivity index (χ4n) is 3.22. The van der Waals surface area contributed by atoms with Crippen LogP contribution in [0.15, 0.2) is 0 Å². The van der Waals surface area contributed by atoms with Gasteiger partial charge in [-0.25, -0.2) is 8.42 Å². The number of amides is 2. The van der Waals surface area contributed by atoms with Crippen molar-refractivity contribution in [3.8, 4) is 0 Å². The Balaban J connectivity index is 2.04. The molecule has 0 radical (unpaired) electrons. The Morgan fingerprint density at radius 1 is 1.29 bits per heavy atom. The van der Waals surface area contributed by atoms with E-state index in [-0.39, 0.29) is 17.5 Å². The lowest BCUT2D eigenvalue weighted by molar-refractivity contribution is -0.153. The Hall–Kier alpha value is -1.11. The average Bonchev–Trinajstić information content (AvgIpc) is 2.78. The van der Waals surface area contributed by atoms with Crippen molar-refractivity contribution in [3.05, 3.63) is 0 Å². The predicted octanol–water partition coefficient (Wildman–Crippen LogP) is 0.281. The fourth-order valence-corrected chi connectivity index (χ4v) is 4.95. The van der Waals surface area contributed by atoms with Gasteiger partial charge in [-0.3, -0.25) is 9.59 Å². The highest BCUT2D eigenvalue weighted by molar-refractivity contribution is 7.91. The van der Waals surface area contributed by atoms with Gasteiger partial charge in [0.15, 0.2) is 9.84 Å². The zero-order valence-corrected chi connectivity index (χ0v) is 13.6. The van der Waals surface area contributed by atoms with Crippen molar-refractivity contribution in [2.75, 3.05) is 31.1 Å². The van der Waals surface area contributed by atoms with Gasteiger partial charge in [-0.15, -0.1) is 0 Å². The number of likely N-dealkylation sites (tertiary alicyclic amines) is 1. The smallest absolute Gasteiger partial charge is 0.312 e. The summed E-state index contributed by atoms with van der Waals surface area (Å²) in [4.78, 5) is 27.8. The maximum atomic E-state index is 12.4. The number of hydrogen-bond acceptors (Lipinski definition) is 4. The van der Waals surface area contributed by atoms with Crippen molar-refractivity contribution in [2.45, 2.75) is 39.2 Å². The lowest BCUT2D eigenvalue weighted by Crippen LogP contribution is -2.51. The summed E-state index contributed by atoms with van der Waals surface area (Å²) in [6, 6.07) is -0.348. The molecule has 7 heteroatoms. The van der Waals surface area contributed by atoms with Gasteiger partial charge >= 0.3 is 11.8 Å². The molecule has 120 valence electrons. The van der Waals surface area contributed by atoms with Crippen molar-refractivity contribution >= 4 is 21.7 Å². The van der Waals surface area contributed by atoms with Gasteiger partial charge < -0.3 is 9.80 Å². The molecule has 2 atom stereocenters. The second kappa shape index (κ2) is 6.34. The van der Waals surface area contributed by atoms with E-state index in [9.17, 15) is 18.0 Å². The lowest BCUT2D eigenvalue weighted by atomic mass is 10.0. The van der Waals surface area contributed by atoms with E-state index in [1.165, 1.54) is 4.90 Å². The van der Waals surface area contributed by atoms with E-state index in [4.69, 9.17) is 0 Å². The van der Waals surface area contributed by atoms with Gasteiger partial charge in [0.2, 0.25) is 0 Å². The third kappa shape index (κ3) is 3.75. The Morgan fingerprint density at radius 2 is 2.00 bits per heavy atom. The first-order chi connectivity index (χ1) is 9.84. The highest BCUT2D eigenvalue weighted by Gasteiger charge is 2.37. The molecule has 2 rings (SSSR count). The first kappa shape index (κ1) is 16.3. The maximum absolute atomic E-state index is 12.4. The van der Waals surface area contributed by atoms with Crippen LogP contribution >= 0.6 is 0 Å². The van der Waals surface area contributed by atoms with E-state index < -0.39 is 21.7 Å². The quantitative estimate of drug-likeness (QED) is 0.686. The number of rotatable bonds is 2. The molecule has 0 aliphatic carbocycles. The zero-order chi connectivity index (χ0) is 15.6. The first-order valence-electron chi connectivity index (χ1n) is 7.64. The van der Waals surface area contributed by atoms with Gasteiger partial charge in [-0.2, -0.15) is 0 Å². The van der Waals surface area contributed by atoms with Gasteiger partial charge in [0.25, 0.3) is 0 Å². The Bertz CT molecular complexity index is 517. The van der Waals surface area contributed by atoms with Crippen molar-refractivity contribution < 1.29 is 18.0 Å². The van der Waals surface area contributed by atoms with Crippen molar-refractivity contribution in [1.29, 1.82) is 0 Å². The van der Waals surface area contributed by atoms with Crippen molar-refractivity contribution in [2.24, 2.45) is 5.92 Å². The molecule has 0 aromatic heterocycles. The minimum atomic E-state index is -3.06. The minimum Gasteiger partial charge on any atom is -0.334 e. The van der Waals surface area contributed by atoms with Crippen LogP contribution in [0.2, 0.25) is 0 Å². The summed E-state index contributed by atoms with van der Waals surface area (Å²) in [6.07, 6.45) is 2.44. The number of hydrogen-bond donors (Lipinski definition) is 0. The number of carbonyl (C=O) groups excluding carboxylic acids is 2. The molecular formula is C14H24N2O4S. The molecule has 0 saturated carbocycles. The van der Waals surface area contributed by atoms with E-state index in [1.807, 2.05) is 0 Å². The molecule has 2 aliphatic heterocycles. The molecular weight excluding hydrogens is 292 g/mol. The first-order valence-corrected chi connectivity index (χ1v) is 9.46. The van der Waals surface area contributed by atoms with Crippen molar-refractivity contribution in [3.63, 3.8) is 0 Å². The normalized spacial score (nSPS) is 28.4. The van der Waals surface area contributed by atoms with Gasteiger partial charge in [0.05, 0.1) is 11.5 Å². The van der Waals surface area contributed by atoms with Gasteiger partial charge in [0.1, 0.15) is 0 Å². The number of carbonyl (C=O) groups is 2. The summed E-state index contributed by atoms with van der Waals surface area (Å²) < 4.78 is 23.1. The van der Waals surface area contributed by atoms with Crippen LogP contribution in [0, 0.1) is 5.92 Å². The second-order valence-corrected chi connectivity index (χ2v) is 8.38. The van der Waals surface area contributed by atoms with E-state index in [2.05, 4.69) is 6.92 Å². The molecule has 2 unspecified atom stereocenters. The summed E-state index contributed by atoms with van der Waals surface area (Å²) in [7, 11) is -3.06. The summed E-state index contributed by atoms with van der Waals surface area (Å²) in [5.41, 5.74) is 0. The standard InChI is InChI=1S/C14H24N2O4S/c1-3-16(12-6-8-21(19,20)10-12)14(18)13(17)15-7-4-5-11(2)9-15/h11-12H,3-10H2,1-2H3. The highest BCUT2D eigenvalue weighted by atomic mass is 32.2. The molecule has 0 aromatic rings. The fraction of sp³-hybridized carbons (Fsp3) is 0.857. The summed E-state index contributed by atoms with van der Waals surface area (Å²) in [6.45, 7) is 5.47. The molecule has 2 saturated heterocycles. The maximum Gasteiger partial charge on any atom is 0.312 e. The summed E-state index contributed by atoms with van der Waals surface area (Å²) >= 11 is 0. The average molecular weight is 316 g/mol. The molecule has 0 spiro atoms. The number of sulfone groups is 1. The van der Waals surface area contributed by atoms with E-state index in [1.54, 1.807) is 11.8 Å². The topological polar surface area (TPSA) is 74.8 Å². The monoisotopic (exact) mass is 316 g/mol. The van der Waals surface area contributed by atoms with Crippen LogP contribution in [-0.2, 0) is 19.4 Å². The minimum absolute atomic E-state index is 0.0176. The van der Waals surface area contributed by atoms with Crippen LogP contribution < -0.4 is 0 Å². The van der Waals surface area contributed by atoms with Crippen LogP contribution in [0.3, 0.4) is 0 Å². The SMILES string of the molecule is CCN(C(=O)C(=O)N1CCCC(C)C1)C1CCS(=O)(=O)C1. The van der Waals surface area contributed by atoms with Crippen LogP contribution in [-0.4, -0.2) is 67.2 Å². The van der Waals surface area contributed by atoms with Crippen LogP contribution in [0.5, 0.6) is 0 Å². The summed E-state index contributed by atoms with van der Waals surface area (Å²) in [5, 5.41) is 0. The molecule has 0 bridgehead atoms.